The molecule has 2 atom stereocenters. The lowest BCUT2D eigenvalue weighted by Gasteiger charge is -2.37. The zero-order valence-corrected chi connectivity index (χ0v) is 17.8. The summed E-state index contributed by atoms with van der Waals surface area (Å²) < 4.78 is 25.8. The second kappa shape index (κ2) is 8.51. The van der Waals surface area contributed by atoms with Crippen molar-refractivity contribution in [2.75, 3.05) is 24.6 Å². The van der Waals surface area contributed by atoms with E-state index in [0.717, 1.165) is 4.90 Å². The molecule has 2 aromatic rings. The van der Waals surface area contributed by atoms with Gasteiger partial charge in [0.15, 0.2) is 0 Å². The van der Waals surface area contributed by atoms with Crippen molar-refractivity contribution >= 4 is 23.1 Å². The molecule has 1 fully saturated rings. The van der Waals surface area contributed by atoms with Crippen molar-refractivity contribution in [1.82, 2.24) is 4.90 Å². The third-order valence-electron chi connectivity index (χ3n) is 5.34. The van der Waals surface area contributed by atoms with E-state index < -0.39 is 17.6 Å². The molecule has 0 radical (unpaired) electrons. The van der Waals surface area contributed by atoms with E-state index in [1.165, 1.54) is 18.2 Å². The molecule has 0 saturated carbocycles. The predicted octanol–water partition coefficient (Wildman–Crippen LogP) is 3.62. The monoisotopic (exact) mass is 424 g/mol. The minimum absolute atomic E-state index is 0.0507. The number of anilines is 1. The van der Waals surface area contributed by atoms with Crippen molar-refractivity contribution in [2.45, 2.75) is 33.0 Å². The Hall–Kier alpha value is -3.19. The lowest BCUT2D eigenvalue weighted by Crippen LogP contribution is -2.47. The first-order valence-corrected chi connectivity index (χ1v) is 10.4. The molecule has 0 N–H and O–H groups in total. The van der Waals surface area contributed by atoms with Gasteiger partial charge in [0.1, 0.15) is 17.3 Å². The van der Waals surface area contributed by atoms with Crippen molar-refractivity contribution in [3.05, 3.63) is 65.6 Å². The SMILES string of the molecule is CCOc1ccc(C2=C(N3CC(C)OC(C)C3)C(=O)N(c3ccccc3F)C2=O)cc1. The molecule has 31 heavy (non-hydrogen) atoms. The number of nitrogens with zero attached hydrogens (tertiary/aromatic N) is 2. The zero-order chi connectivity index (χ0) is 22.1. The van der Waals surface area contributed by atoms with Gasteiger partial charge < -0.3 is 14.4 Å². The van der Waals surface area contributed by atoms with Gasteiger partial charge in [-0.15, -0.1) is 0 Å². The lowest BCUT2D eigenvalue weighted by atomic mass is 10.0. The second-order valence-corrected chi connectivity index (χ2v) is 7.74. The Labute approximate surface area is 180 Å². The number of imide groups is 1. The molecule has 162 valence electrons. The topological polar surface area (TPSA) is 59.1 Å². The van der Waals surface area contributed by atoms with E-state index in [9.17, 15) is 14.0 Å². The van der Waals surface area contributed by atoms with E-state index in [1.807, 2.05) is 25.7 Å². The van der Waals surface area contributed by atoms with Crippen molar-refractivity contribution in [3.8, 4) is 5.75 Å². The Morgan fingerprint density at radius 3 is 2.26 bits per heavy atom. The van der Waals surface area contributed by atoms with Crippen LogP contribution in [0, 0.1) is 5.82 Å². The number of hydrogen-bond acceptors (Lipinski definition) is 5. The highest BCUT2D eigenvalue weighted by Gasteiger charge is 2.44. The number of amides is 2. The number of para-hydroxylation sites is 1. The van der Waals surface area contributed by atoms with Gasteiger partial charge >= 0.3 is 0 Å². The van der Waals surface area contributed by atoms with Gasteiger partial charge in [-0.3, -0.25) is 9.59 Å². The molecule has 6 nitrogen and oxygen atoms in total. The maximum atomic E-state index is 14.5. The summed E-state index contributed by atoms with van der Waals surface area (Å²) in [6.07, 6.45) is -0.216. The fourth-order valence-corrected chi connectivity index (χ4v) is 4.17. The maximum absolute atomic E-state index is 14.5. The van der Waals surface area contributed by atoms with Crippen LogP contribution in [0.5, 0.6) is 5.75 Å². The molecule has 0 spiro atoms. The molecule has 2 amide bonds. The summed E-state index contributed by atoms with van der Waals surface area (Å²) >= 11 is 0. The molecule has 1 saturated heterocycles. The van der Waals surface area contributed by atoms with Crippen LogP contribution in [0.2, 0.25) is 0 Å². The third-order valence-corrected chi connectivity index (χ3v) is 5.34. The Balaban J connectivity index is 1.82. The number of carbonyl (C=O) groups excluding carboxylic acids is 2. The van der Waals surface area contributed by atoms with Crippen LogP contribution >= 0.6 is 0 Å². The number of halogens is 1. The van der Waals surface area contributed by atoms with Crippen LogP contribution in [-0.2, 0) is 14.3 Å². The average molecular weight is 424 g/mol. The summed E-state index contributed by atoms with van der Waals surface area (Å²) in [6.45, 7) is 7.19. The predicted molar refractivity (Wildman–Crippen MR) is 115 cm³/mol. The molecule has 2 aliphatic rings. The van der Waals surface area contributed by atoms with Crippen molar-refractivity contribution in [3.63, 3.8) is 0 Å². The molecular formula is C24H25FN2O4. The van der Waals surface area contributed by atoms with Crippen LogP contribution in [0.15, 0.2) is 54.2 Å². The molecule has 7 heteroatoms. The van der Waals surface area contributed by atoms with E-state index in [4.69, 9.17) is 9.47 Å². The quantitative estimate of drug-likeness (QED) is 0.687. The Morgan fingerprint density at radius 2 is 1.65 bits per heavy atom. The highest BCUT2D eigenvalue weighted by molar-refractivity contribution is 6.45. The second-order valence-electron chi connectivity index (χ2n) is 7.74. The average Bonchev–Trinajstić information content (AvgIpc) is 2.99. The highest BCUT2D eigenvalue weighted by Crippen LogP contribution is 2.37. The van der Waals surface area contributed by atoms with Gasteiger partial charge in [0.05, 0.1) is 30.1 Å². The van der Waals surface area contributed by atoms with Crippen molar-refractivity contribution in [2.24, 2.45) is 0 Å². The van der Waals surface area contributed by atoms with E-state index >= 15 is 0 Å². The van der Waals surface area contributed by atoms with Gasteiger partial charge in [-0.05, 0) is 50.6 Å². The molecule has 0 aliphatic carbocycles. The number of hydrogen-bond donors (Lipinski definition) is 0. The molecule has 2 unspecified atom stereocenters. The van der Waals surface area contributed by atoms with Gasteiger partial charge in [-0.2, -0.15) is 0 Å². The van der Waals surface area contributed by atoms with Gasteiger partial charge in [-0.1, -0.05) is 24.3 Å². The van der Waals surface area contributed by atoms with Gasteiger partial charge in [-0.25, -0.2) is 9.29 Å². The normalized spacial score (nSPS) is 21.8. The van der Waals surface area contributed by atoms with Gasteiger partial charge in [0, 0.05) is 13.1 Å². The van der Waals surface area contributed by atoms with E-state index in [1.54, 1.807) is 30.3 Å². The molecule has 0 aromatic heterocycles. The van der Waals surface area contributed by atoms with Gasteiger partial charge in [0.2, 0.25) is 0 Å². The summed E-state index contributed by atoms with van der Waals surface area (Å²) in [5.74, 6) is -1.02. The van der Waals surface area contributed by atoms with Crippen LogP contribution in [0.3, 0.4) is 0 Å². The highest BCUT2D eigenvalue weighted by atomic mass is 19.1. The number of carbonyl (C=O) groups is 2. The summed E-state index contributed by atoms with van der Waals surface area (Å²) in [5.41, 5.74) is 1.07. The molecule has 2 heterocycles. The zero-order valence-electron chi connectivity index (χ0n) is 17.8. The fourth-order valence-electron chi connectivity index (χ4n) is 4.17. The smallest absolute Gasteiger partial charge is 0.282 e. The van der Waals surface area contributed by atoms with E-state index in [2.05, 4.69) is 0 Å². The Bertz CT molecular complexity index is 1020. The van der Waals surface area contributed by atoms with Crippen LogP contribution in [0.25, 0.3) is 5.57 Å². The molecule has 4 rings (SSSR count). The van der Waals surface area contributed by atoms with Crippen molar-refractivity contribution < 1.29 is 23.5 Å². The van der Waals surface area contributed by atoms with Crippen LogP contribution in [0.4, 0.5) is 10.1 Å². The fraction of sp³-hybridized carbons (Fsp3) is 0.333. The number of ether oxygens (including phenoxy) is 2. The first-order chi connectivity index (χ1) is 14.9. The summed E-state index contributed by atoms with van der Waals surface area (Å²) in [5, 5.41) is 0. The number of benzene rings is 2. The van der Waals surface area contributed by atoms with Crippen LogP contribution in [0.1, 0.15) is 26.3 Å². The maximum Gasteiger partial charge on any atom is 0.282 e. The largest absolute Gasteiger partial charge is 0.494 e. The minimum atomic E-state index is -0.625. The molecule has 2 aliphatic heterocycles. The minimum Gasteiger partial charge on any atom is -0.494 e. The van der Waals surface area contributed by atoms with E-state index in [0.29, 0.717) is 31.0 Å². The molecule has 0 bridgehead atoms. The molecular weight excluding hydrogens is 399 g/mol. The van der Waals surface area contributed by atoms with Gasteiger partial charge in [0.25, 0.3) is 11.8 Å². The standard InChI is InChI=1S/C24H25FN2O4/c1-4-30-18-11-9-17(10-12-18)21-22(26-13-15(2)31-16(3)14-26)24(29)27(23(21)28)20-8-6-5-7-19(20)25/h5-12,15-16H,4,13-14H2,1-3H3. The third kappa shape index (κ3) is 3.93. The summed E-state index contributed by atoms with van der Waals surface area (Å²) in [4.78, 5) is 29.8. The van der Waals surface area contributed by atoms with E-state index in [-0.39, 0.29) is 29.2 Å². The van der Waals surface area contributed by atoms with Crippen LogP contribution in [-0.4, -0.2) is 48.6 Å². The summed E-state index contributed by atoms with van der Waals surface area (Å²) in [7, 11) is 0. The lowest BCUT2D eigenvalue weighted by molar-refractivity contribution is -0.121. The first-order valence-electron chi connectivity index (χ1n) is 10.4. The Kier molecular flexibility index (Phi) is 5.78. The summed E-state index contributed by atoms with van der Waals surface area (Å²) in [6, 6.07) is 12.8. The number of rotatable bonds is 5. The Morgan fingerprint density at radius 1 is 1.00 bits per heavy atom. The number of morpholine rings is 1. The molecule has 2 aromatic carbocycles. The van der Waals surface area contributed by atoms with Crippen LogP contribution < -0.4 is 9.64 Å². The van der Waals surface area contributed by atoms with Crippen molar-refractivity contribution in [1.29, 1.82) is 0 Å². The first kappa shape index (κ1) is 21.1.